The molecule has 1 saturated carbocycles. The Morgan fingerprint density at radius 3 is 2.45 bits per heavy atom. The Labute approximate surface area is 63.2 Å². The largest absolute Gasteiger partial charge is 0.393 e. The van der Waals surface area contributed by atoms with Crippen LogP contribution in [0.1, 0.15) is 12.8 Å². The number of hydrogen-bond donors (Lipinski definition) is 1. The van der Waals surface area contributed by atoms with Gasteiger partial charge < -0.3 is 9.84 Å². The standard InChI is InChI=1S/C7H10F2O2/c8-6(9)5-4-1-7(2-4,3-10)11-5/h4-6,10H,1-3H2. The van der Waals surface area contributed by atoms with E-state index in [0.717, 1.165) is 0 Å². The average molecular weight is 164 g/mol. The van der Waals surface area contributed by atoms with Crippen LogP contribution in [0.4, 0.5) is 8.78 Å². The molecule has 2 aliphatic heterocycles. The second kappa shape index (κ2) is 2.14. The van der Waals surface area contributed by atoms with Gasteiger partial charge in [0.1, 0.15) is 6.10 Å². The molecule has 1 atom stereocenters. The first-order valence-electron chi connectivity index (χ1n) is 3.74. The number of hydrogen-bond acceptors (Lipinski definition) is 2. The minimum absolute atomic E-state index is 0.0119. The highest BCUT2D eigenvalue weighted by molar-refractivity contribution is 5.06. The van der Waals surface area contributed by atoms with Crippen molar-refractivity contribution in [1.82, 2.24) is 0 Å². The van der Waals surface area contributed by atoms with Gasteiger partial charge in [-0.3, -0.25) is 0 Å². The fourth-order valence-corrected chi connectivity index (χ4v) is 2.03. The smallest absolute Gasteiger partial charge is 0.264 e. The van der Waals surface area contributed by atoms with Crippen LogP contribution in [0.2, 0.25) is 0 Å². The van der Waals surface area contributed by atoms with Gasteiger partial charge in [-0.05, 0) is 18.8 Å². The second-order valence-corrected chi connectivity index (χ2v) is 3.43. The van der Waals surface area contributed by atoms with Gasteiger partial charge in [-0.15, -0.1) is 0 Å². The highest BCUT2D eigenvalue weighted by atomic mass is 19.3. The van der Waals surface area contributed by atoms with Crippen LogP contribution in [0.3, 0.4) is 0 Å². The van der Waals surface area contributed by atoms with Crippen molar-refractivity contribution >= 4 is 0 Å². The lowest BCUT2D eigenvalue weighted by molar-refractivity contribution is -0.0944. The van der Waals surface area contributed by atoms with E-state index < -0.39 is 18.1 Å². The van der Waals surface area contributed by atoms with Crippen molar-refractivity contribution in [3.05, 3.63) is 0 Å². The zero-order chi connectivity index (χ0) is 8.06. The molecule has 64 valence electrons. The van der Waals surface area contributed by atoms with Crippen molar-refractivity contribution in [3.8, 4) is 0 Å². The lowest BCUT2D eigenvalue weighted by Crippen LogP contribution is -2.40. The number of aliphatic hydroxyl groups is 1. The zero-order valence-corrected chi connectivity index (χ0v) is 5.96. The van der Waals surface area contributed by atoms with E-state index in [1.165, 1.54) is 0 Å². The Kier molecular flexibility index (Phi) is 1.44. The summed E-state index contributed by atoms with van der Waals surface area (Å²) in [4.78, 5) is 0. The van der Waals surface area contributed by atoms with Gasteiger partial charge in [-0.1, -0.05) is 0 Å². The third-order valence-electron chi connectivity index (χ3n) is 2.66. The minimum atomic E-state index is -2.39. The molecule has 0 aromatic carbocycles. The van der Waals surface area contributed by atoms with Crippen LogP contribution in [0.15, 0.2) is 0 Å². The minimum Gasteiger partial charge on any atom is -0.393 e. The Hall–Kier alpha value is -0.220. The fourth-order valence-electron chi connectivity index (χ4n) is 2.03. The van der Waals surface area contributed by atoms with E-state index in [0.29, 0.717) is 12.8 Å². The third kappa shape index (κ3) is 0.891. The van der Waals surface area contributed by atoms with Gasteiger partial charge in [0.15, 0.2) is 0 Å². The van der Waals surface area contributed by atoms with E-state index in [2.05, 4.69) is 0 Å². The van der Waals surface area contributed by atoms with Gasteiger partial charge in [0.05, 0.1) is 12.2 Å². The van der Waals surface area contributed by atoms with Crippen molar-refractivity contribution in [1.29, 1.82) is 0 Å². The Morgan fingerprint density at radius 2 is 2.18 bits per heavy atom. The summed E-state index contributed by atoms with van der Waals surface area (Å²) in [6.07, 6.45) is -2.09. The Bertz CT molecular complexity index is 166. The molecule has 0 aromatic heterocycles. The van der Waals surface area contributed by atoms with Gasteiger partial charge in [0.2, 0.25) is 0 Å². The van der Waals surface area contributed by atoms with Gasteiger partial charge in [0.25, 0.3) is 6.43 Å². The summed E-state index contributed by atoms with van der Waals surface area (Å²) in [5, 5.41) is 8.79. The van der Waals surface area contributed by atoms with E-state index >= 15 is 0 Å². The van der Waals surface area contributed by atoms with Crippen molar-refractivity contribution < 1.29 is 18.6 Å². The van der Waals surface area contributed by atoms with Gasteiger partial charge >= 0.3 is 0 Å². The van der Waals surface area contributed by atoms with Crippen molar-refractivity contribution in [2.75, 3.05) is 6.61 Å². The maximum absolute atomic E-state index is 12.1. The predicted octanol–water partition coefficient (Wildman–Crippen LogP) is 0.791. The molecule has 3 rings (SSSR count). The quantitative estimate of drug-likeness (QED) is 0.653. The molecule has 1 unspecified atom stereocenters. The highest BCUT2D eigenvalue weighted by Gasteiger charge is 2.59. The maximum Gasteiger partial charge on any atom is 0.264 e. The lowest BCUT2D eigenvalue weighted by atomic mass is 9.73. The second-order valence-electron chi connectivity index (χ2n) is 3.43. The molecule has 4 heteroatoms. The van der Waals surface area contributed by atoms with Crippen LogP contribution >= 0.6 is 0 Å². The maximum atomic E-state index is 12.1. The Balaban J connectivity index is 2.02. The summed E-state index contributed by atoms with van der Waals surface area (Å²) in [6.45, 7) is -0.118. The van der Waals surface area contributed by atoms with Crippen molar-refractivity contribution in [2.45, 2.75) is 31.0 Å². The molecule has 2 saturated heterocycles. The first kappa shape index (κ1) is 7.43. The summed E-state index contributed by atoms with van der Waals surface area (Å²) < 4.78 is 29.3. The topological polar surface area (TPSA) is 29.5 Å². The van der Waals surface area contributed by atoms with E-state index in [4.69, 9.17) is 9.84 Å². The van der Waals surface area contributed by atoms with Gasteiger partial charge in [-0.25, -0.2) is 8.78 Å². The molecule has 0 aromatic rings. The Morgan fingerprint density at radius 1 is 1.55 bits per heavy atom. The third-order valence-corrected chi connectivity index (χ3v) is 2.66. The lowest BCUT2D eigenvalue weighted by Gasteiger charge is -2.33. The number of halogens is 2. The first-order valence-corrected chi connectivity index (χ1v) is 3.74. The normalized spacial score (nSPS) is 48.0. The van der Waals surface area contributed by atoms with Gasteiger partial charge in [0, 0.05) is 0 Å². The number of ether oxygens (including phenoxy) is 1. The zero-order valence-electron chi connectivity index (χ0n) is 5.96. The van der Waals surface area contributed by atoms with E-state index in [1.54, 1.807) is 0 Å². The molecule has 0 radical (unpaired) electrons. The molecule has 1 N–H and O–H groups in total. The van der Waals surface area contributed by atoms with E-state index in [-0.39, 0.29) is 12.5 Å². The monoisotopic (exact) mass is 164 g/mol. The molecule has 2 nitrogen and oxygen atoms in total. The summed E-state index contributed by atoms with van der Waals surface area (Å²) in [7, 11) is 0. The van der Waals surface area contributed by atoms with Crippen LogP contribution in [0.25, 0.3) is 0 Å². The number of aliphatic hydroxyl groups excluding tert-OH is 1. The van der Waals surface area contributed by atoms with Crippen molar-refractivity contribution in [3.63, 3.8) is 0 Å². The SMILES string of the molecule is OCC12CC(C1)C(C(F)F)O2. The summed E-state index contributed by atoms with van der Waals surface area (Å²) >= 11 is 0. The van der Waals surface area contributed by atoms with Crippen LogP contribution in [-0.2, 0) is 4.74 Å². The molecule has 2 heterocycles. The summed E-state index contributed by atoms with van der Waals surface area (Å²) in [6, 6.07) is 0. The molecular weight excluding hydrogens is 154 g/mol. The summed E-state index contributed by atoms with van der Waals surface area (Å²) in [5.41, 5.74) is -0.592. The molecule has 2 bridgehead atoms. The van der Waals surface area contributed by atoms with E-state index in [1.807, 2.05) is 0 Å². The molecule has 3 aliphatic rings. The highest BCUT2D eigenvalue weighted by Crippen LogP contribution is 2.53. The molecular formula is C7H10F2O2. The fraction of sp³-hybridized carbons (Fsp3) is 1.00. The average Bonchev–Trinajstić information content (AvgIpc) is 2.38. The summed E-state index contributed by atoms with van der Waals surface area (Å²) in [5.74, 6) is -0.0119. The first-order chi connectivity index (χ1) is 5.17. The number of fused-ring (bicyclic) bond motifs is 1. The van der Waals surface area contributed by atoms with Crippen LogP contribution in [-0.4, -0.2) is 29.8 Å². The predicted molar refractivity (Wildman–Crippen MR) is 33.4 cm³/mol. The van der Waals surface area contributed by atoms with Crippen molar-refractivity contribution in [2.24, 2.45) is 5.92 Å². The molecule has 0 spiro atoms. The van der Waals surface area contributed by atoms with Crippen LogP contribution in [0.5, 0.6) is 0 Å². The molecule has 11 heavy (non-hydrogen) atoms. The van der Waals surface area contributed by atoms with Crippen LogP contribution in [0, 0.1) is 5.92 Å². The van der Waals surface area contributed by atoms with E-state index in [9.17, 15) is 8.78 Å². The molecule has 1 aliphatic carbocycles. The van der Waals surface area contributed by atoms with Gasteiger partial charge in [-0.2, -0.15) is 0 Å². The number of rotatable bonds is 2. The molecule has 0 amide bonds. The van der Waals surface area contributed by atoms with Crippen LogP contribution < -0.4 is 0 Å². The molecule has 3 fully saturated rings. The number of alkyl halides is 2.